The largest absolute Gasteiger partial charge is 0.255 e. The molecule has 0 unspecified atom stereocenters. The predicted octanol–water partition coefficient (Wildman–Crippen LogP) is 2.12. The van der Waals surface area contributed by atoms with Crippen molar-refractivity contribution in [3.05, 3.63) is 17.5 Å². The van der Waals surface area contributed by atoms with Gasteiger partial charge in [0.1, 0.15) is 6.00 Å². The van der Waals surface area contributed by atoms with Crippen LogP contribution in [0.25, 0.3) is 0 Å². The third kappa shape index (κ3) is 1.89. The molecule has 0 aliphatic carbocycles. The van der Waals surface area contributed by atoms with Crippen LogP contribution < -0.4 is 0 Å². The molecule has 0 aliphatic heterocycles. The van der Waals surface area contributed by atoms with E-state index < -0.39 is 0 Å². The van der Waals surface area contributed by atoms with Gasteiger partial charge in [0.05, 0.1) is 5.69 Å². The Morgan fingerprint density at radius 1 is 1.60 bits per heavy atom. The van der Waals surface area contributed by atoms with Crippen molar-refractivity contribution >= 4 is 24.0 Å². The van der Waals surface area contributed by atoms with Crippen molar-refractivity contribution in [3.8, 4) is 0 Å². The van der Waals surface area contributed by atoms with E-state index in [9.17, 15) is 0 Å². The average molecular weight is 181 g/mol. The third-order valence-electron chi connectivity index (χ3n) is 1.22. The minimum Gasteiger partial charge on any atom is -0.255 e. The van der Waals surface area contributed by atoms with E-state index in [-0.39, 0.29) is 12.4 Å². The number of halogens is 2. The number of aryl methyl sites for hydroxylation is 2. The van der Waals surface area contributed by atoms with Crippen LogP contribution in [0, 0.1) is 13.8 Å². The maximum Gasteiger partial charge on any atom is 0.115 e. The van der Waals surface area contributed by atoms with Gasteiger partial charge in [-0.15, -0.1) is 24.0 Å². The predicted molar refractivity (Wildman–Crippen MR) is 44.8 cm³/mol. The topological polar surface area (TPSA) is 17.8 Å². The third-order valence-corrected chi connectivity index (χ3v) is 1.44. The summed E-state index contributed by atoms with van der Waals surface area (Å²) in [7, 11) is 0. The molecule has 0 saturated heterocycles. The lowest BCUT2D eigenvalue weighted by atomic mass is 10.4. The van der Waals surface area contributed by atoms with Gasteiger partial charge in [0, 0.05) is 5.69 Å². The number of nitrogens with zero attached hydrogens (tertiary/aromatic N) is 2. The Morgan fingerprint density at radius 2 is 2.20 bits per heavy atom. The van der Waals surface area contributed by atoms with Crippen LogP contribution in [0.1, 0.15) is 11.4 Å². The van der Waals surface area contributed by atoms with Crippen LogP contribution in [-0.2, 0) is 6.00 Å². The summed E-state index contributed by atoms with van der Waals surface area (Å²) in [6.45, 7) is 3.94. The summed E-state index contributed by atoms with van der Waals surface area (Å²) < 4.78 is 1.76. The summed E-state index contributed by atoms with van der Waals surface area (Å²) in [4.78, 5) is 0. The molecule has 0 spiro atoms. The Hall–Kier alpha value is -0.210. The zero-order valence-electron chi connectivity index (χ0n) is 5.97. The van der Waals surface area contributed by atoms with E-state index in [2.05, 4.69) is 5.10 Å². The highest BCUT2D eigenvalue weighted by Gasteiger charge is 1.96. The minimum absolute atomic E-state index is 0. The lowest BCUT2D eigenvalue weighted by molar-refractivity contribution is 0.710. The second kappa shape index (κ2) is 3.84. The first-order valence-corrected chi connectivity index (χ1v) is 3.34. The van der Waals surface area contributed by atoms with Gasteiger partial charge in [-0.05, 0) is 19.9 Å². The molecule has 0 radical (unpaired) electrons. The van der Waals surface area contributed by atoms with Crippen molar-refractivity contribution in [1.29, 1.82) is 0 Å². The van der Waals surface area contributed by atoms with E-state index in [1.54, 1.807) is 4.68 Å². The molecule has 1 rings (SSSR count). The zero-order chi connectivity index (χ0) is 6.85. The van der Waals surface area contributed by atoms with E-state index in [1.807, 2.05) is 19.9 Å². The van der Waals surface area contributed by atoms with Crippen molar-refractivity contribution < 1.29 is 0 Å². The van der Waals surface area contributed by atoms with Crippen LogP contribution in [0.2, 0.25) is 0 Å². The van der Waals surface area contributed by atoms with E-state index in [0.717, 1.165) is 11.4 Å². The minimum atomic E-state index is 0. The van der Waals surface area contributed by atoms with Crippen molar-refractivity contribution in [2.24, 2.45) is 0 Å². The van der Waals surface area contributed by atoms with Gasteiger partial charge in [0.2, 0.25) is 0 Å². The quantitative estimate of drug-likeness (QED) is 0.606. The summed E-state index contributed by atoms with van der Waals surface area (Å²) >= 11 is 5.55. The van der Waals surface area contributed by atoms with Gasteiger partial charge in [-0.25, -0.2) is 0 Å². The molecule has 1 aromatic heterocycles. The lowest BCUT2D eigenvalue weighted by Crippen LogP contribution is -1.96. The average Bonchev–Trinajstić information content (AvgIpc) is 2.10. The van der Waals surface area contributed by atoms with Gasteiger partial charge in [-0.1, -0.05) is 0 Å². The fraction of sp³-hybridized carbons (Fsp3) is 0.500. The van der Waals surface area contributed by atoms with E-state index >= 15 is 0 Å². The Labute approximate surface area is 71.6 Å². The molecular weight excluding hydrogens is 171 g/mol. The Balaban J connectivity index is 0.000000810. The normalized spacial score (nSPS) is 9.10. The molecule has 0 fully saturated rings. The molecule has 4 heteroatoms. The maximum absolute atomic E-state index is 5.55. The molecule has 0 atom stereocenters. The number of hydrogen-bond donors (Lipinski definition) is 0. The van der Waals surface area contributed by atoms with Crippen LogP contribution in [0.3, 0.4) is 0 Å². The van der Waals surface area contributed by atoms with E-state index in [4.69, 9.17) is 11.6 Å². The van der Waals surface area contributed by atoms with Gasteiger partial charge in [-0.3, -0.25) is 4.68 Å². The van der Waals surface area contributed by atoms with Crippen LogP contribution in [-0.4, -0.2) is 9.78 Å². The SMILES string of the molecule is Cc1cc(C)n(CCl)n1.Cl. The molecule has 58 valence electrons. The van der Waals surface area contributed by atoms with Crippen molar-refractivity contribution in [3.63, 3.8) is 0 Å². The second-order valence-corrected chi connectivity index (χ2v) is 2.29. The Bertz CT molecular complexity index is 208. The van der Waals surface area contributed by atoms with Crippen molar-refractivity contribution in [2.45, 2.75) is 19.9 Å². The van der Waals surface area contributed by atoms with Crippen molar-refractivity contribution in [2.75, 3.05) is 0 Å². The second-order valence-electron chi connectivity index (χ2n) is 2.05. The molecule has 0 aliphatic rings. The monoisotopic (exact) mass is 180 g/mol. The first kappa shape index (κ1) is 9.79. The fourth-order valence-electron chi connectivity index (χ4n) is 0.796. The highest BCUT2D eigenvalue weighted by atomic mass is 35.5. The molecule has 0 N–H and O–H groups in total. The summed E-state index contributed by atoms with van der Waals surface area (Å²) in [5, 5.41) is 4.11. The van der Waals surface area contributed by atoms with Crippen LogP contribution in [0.15, 0.2) is 6.07 Å². The number of alkyl halides is 1. The van der Waals surface area contributed by atoms with Gasteiger partial charge in [0.15, 0.2) is 0 Å². The number of hydrogen-bond acceptors (Lipinski definition) is 1. The molecule has 0 saturated carbocycles. The summed E-state index contributed by atoms with van der Waals surface area (Å²) in [5.74, 6) is 0. The highest BCUT2D eigenvalue weighted by Crippen LogP contribution is 2.01. The van der Waals surface area contributed by atoms with Gasteiger partial charge in [0.25, 0.3) is 0 Å². The number of rotatable bonds is 1. The maximum atomic E-state index is 5.55. The zero-order valence-corrected chi connectivity index (χ0v) is 7.54. The van der Waals surface area contributed by atoms with E-state index in [1.165, 1.54) is 0 Å². The smallest absolute Gasteiger partial charge is 0.115 e. The van der Waals surface area contributed by atoms with Crippen LogP contribution in [0.5, 0.6) is 0 Å². The van der Waals surface area contributed by atoms with Crippen LogP contribution in [0.4, 0.5) is 0 Å². The fourth-order valence-corrected chi connectivity index (χ4v) is 1.04. The summed E-state index contributed by atoms with van der Waals surface area (Å²) in [5.41, 5.74) is 2.13. The van der Waals surface area contributed by atoms with Gasteiger partial charge < -0.3 is 0 Å². The van der Waals surface area contributed by atoms with E-state index in [0.29, 0.717) is 6.00 Å². The molecule has 1 heterocycles. The van der Waals surface area contributed by atoms with Crippen LogP contribution >= 0.6 is 24.0 Å². The lowest BCUT2D eigenvalue weighted by Gasteiger charge is -1.93. The molecule has 10 heavy (non-hydrogen) atoms. The van der Waals surface area contributed by atoms with Gasteiger partial charge in [-0.2, -0.15) is 5.10 Å². The molecule has 2 nitrogen and oxygen atoms in total. The molecule has 0 bridgehead atoms. The molecule has 0 aromatic carbocycles. The van der Waals surface area contributed by atoms with Crippen molar-refractivity contribution in [1.82, 2.24) is 9.78 Å². The standard InChI is InChI=1S/C6H9ClN2.ClH/c1-5-3-6(2)9(4-7)8-5;/h3H,4H2,1-2H3;1H. The number of aromatic nitrogens is 2. The summed E-state index contributed by atoms with van der Waals surface area (Å²) in [6, 6.07) is 2.45. The first-order chi connectivity index (χ1) is 4.24. The highest BCUT2D eigenvalue weighted by molar-refractivity contribution is 6.15. The molecular formula is C6H10Cl2N2. The van der Waals surface area contributed by atoms with Gasteiger partial charge >= 0.3 is 0 Å². The Morgan fingerprint density at radius 3 is 2.40 bits per heavy atom. The molecule has 1 aromatic rings. The summed E-state index contributed by atoms with van der Waals surface area (Å²) in [6.07, 6.45) is 0. The molecule has 0 amide bonds. The Kier molecular flexibility index (Phi) is 3.76. The first-order valence-electron chi connectivity index (χ1n) is 2.81.